The molecule has 0 unspecified atom stereocenters. The van der Waals surface area contributed by atoms with Crippen molar-refractivity contribution in [2.24, 2.45) is 0 Å². The normalized spacial score (nSPS) is 12.6. The molecule has 0 saturated heterocycles. The van der Waals surface area contributed by atoms with E-state index in [9.17, 15) is 14.0 Å². The number of halogens is 1. The van der Waals surface area contributed by atoms with Gasteiger partial charge in [0, 0.05) is 11.1 Å². The van der Waals surface area contributed by atoms with Crippen LogP contribution in [0.5, 0.6) is 0 Å². The summed E-state index contributed by atoms with van der Waals surface area (Å²) in [5, 5.41) is 7.98. The number of hydrogen-bond acceptors (Lipinski definition) is 4. The lowest BCUT2D eigenvalue weighted by Crippen LogP contribution is -2.22. The number of nitrogens with zero attached hydrogens (tertiary/aromatic N) is 3. The highest BCUT2D eigenvalue weighted by Gasteiger charge is 2.35. The lowest BCUT2D eigenvalue weighted by atomic mass is 9.90. The van der Waals surface area contributed by atoms with Crippen LogP contribution in [-0.2, 0) is 0 Å². The molecule has 0 radical (unpaired) electrons. The zero-order chi connectivity index (χ0) is 19.3. The van der Waals surface area contributed by atoms with Crippen molar-refractivity contribution in [3.05, 3.63) is 101 Å². The summed E-state index contributed by atoms with van der Waals surface area (Å²) >= 11 is 0. The van der Waals surface area contributed by atoms with Crippen molar-refractivity contribution in [2.45, 2.75) is 0 Å². The number of fused-ring (bicyclic) bond motifs is 2. The van der Waals surface area contributed by atoms with Gasteiger partial charge in [-0.05, 0) is 35.4 Å². The number of rotatable bonds is 2. The second-order valence-electron chi connectivity index (χ2n) is 6.46. The Hall–Kier alpha value is -3.93. The van der Waals surface area contributed by atoms with Gasteiger partial charge >= 0.3 is 0 Å². The molecule has 0 amide bonds. The Bertz CT molecular complexity index is 1260. The molecular weight excluding hydrogens is 357 g/mol. The number of carbonyl (C=O) groups is 2. The highest BCUT2D eigenvalue weighted by Crippen LogP contribution is 2.28. The molecule has 134 valence electrons. The fourth-order valence-electron chi connectivity index (χ4n) is 3.42. The molecule has 5 nitrogen and oxygen atoms in total. The highest BCUT2D eigenvalue weighted by molar-refractivity contribution is 6.27. The van der Waals surface area contributed by atoms with Gasteiger partial charge in [0.15, 0.2) is 5.69 Å². The minimum Gasteiger partial charge on any atom is -0.287 e. The van der Waals surface area contributed by atoms with Crippen LogP contribution in [0.15, 0.2) is 72.8 Å². The molecule has 0 saturated carbocycles. The van der Waals surface area contributed by atoms with Crippen molar-refractivity contribution >= 4 is 11.6 Å². The molecule has 5 rings (SSSR count). The maximum absolute atomic E-state index is 13.5. The third kappa shape index (κ3) is 2.39. The first-order chi connectivity index (χ1) is 13.6. The first kappa shape index (κ1) is 16.3. The number of carbonyl (C=O) groups excluding carboxylic acids is 2. The fraction of sp³-hybridized carbons (Fsp3) is 0. The van der Waals surface area contributed by atoms with E-state index < -0.39 is 0 Å². The highest BCUT2D eigenvalue weighted by atomic mass is 19.1. The van der Waals surface area contributed by atoms with Gasteiger partial charge in [-0.2, -0.15) is 0 Å². The molecule has 1 aliphatic rings. The van der Waals surface area contributed by atoms with Gasteiger partial charge in [-0.25, -0.2) is 9.07 Å². The van der Waals surface area contributed by atoms with E-state index in [1.807, 2.05) is 6.07 Å². The van der Waals surface area contributed by atoms with Gasteiger partial charge in [-0.3, -0.25) is 9.59 Å². The van der Waals surface area contributed by atoms with E-state index in [-0.39, 0.29) is 28.8 Å². The summed E-state index contributed by atoms with van der Waals surface area (Å²) in [6.45, 7) is 0. The Morgan fingerprint density at radius 2 is 1.46 bits per heavy atom. The van der Waals surface area contributed by atoms with Crippen molar-refractivity contribution in [1.29, 1.82) is 0 Å². The van der Waals surface area contributed by atoms with Crippen LogP contribution >= 0.6 is 0 Å². The van der Waals surface area contributed by atoms with Gasteiger partial charge < -0.3 is 0 Å². The topological polar surface area (TPSA) is 64.8 Å². The first-order valence-electron chi connectivity index (χ1n) is 8.64. The average molecular weight is 369 g/mol. The molecule has 6 heteroatoms. The fourth-order valence-corrected chi connectivity index (χ4v) is 3.42. The first-order valence-corrected chi connectivity index (χ1v) is 8.64. The number of ketones is 2. The van der Waals surface area contributed by atoms with E-state index in [4.69, 9.17) is 0 Å². The molecule has 4 aromatic rings. The monoisotopic (exact) mass is 369 g/mol. The molecule has 0 aliphatic heterocycles. The molecule has 1 heterocycles. The lowest BCUT2D eigenvalue weighted by Gasteiger charge is -2.14. The maximum Gasteiger partial charge on any atom is 0.216 e. The Morgan fingerprint density at radius 1 is 0.750 bits per heavy atom. The van der Waals surface area contributed by atoms with Crippen molar-refractivity contribution in [3.63, 3.8) is 0 Å². The second kappa shape index (κ2) is 6.06. The third-order valence-electron chi connectivity index (χ3n) is 4.79. The van der Waals surface area contributed by atoms with Crippen molar-refractivity contribution in [1.82, 2.24) is 15.0 Å². The van der Waals surface area contributed by atoms with Gasteiger partial charge in [-0.15, -0.1) is 5.10 Å². The molecule has 28 heavy (non-hydrogen) atoms. The smallest absolute Gasteiger partial charge is 0.216 e. The summed E-state index contributed by atoms with van der Waals surface area (Å²) in [4.78, 5) is 25.6. The molecule has 1 aromatic heterocycles. The van der Waals surface area contributed by atoms with Crippen LogP contribution in [0.3, 0.4) is 0 Å². The summed E-state index contributed by atoms with van der Waals surface area (Å²) in [6, 6.07) is 20.1. The summed E-state index contributed by atoms with van der Waals surface area (Å²) in [6.07, 6.45) is 0. The van der Waals surface area contributed by atoms with Crippen LogP contribution in [0.1, 0.15) is 32.1 Å². The molecule has 0 fully saturated rings. The van der Waals surface area contributed by atoms with E-state index in [0.717, 1.165) is 11.1 Å². The van der Waals surface area contributed by atoms with Gasteiger partial charge in [0.05, 0.1) is 5.69 Å². The summed E-state index contributed by atoms with van der Waals surface area (Å²) in [7, 11) is 0. The molecule has 0 spiro atoms. The molecule has 1 aliphatic carbocycles. The van der Waals surface area contributed by atoms with Crippen molar-refractivity contribution < 1.29 is 14.0 Å². The molecule has 0 atom stereocenters. The lowest BCUT2D eigenvalue weighted by molar-refractivity contribution is 0.0972. The summed E-state index contributed by atoms with van der Waals surface area (Å²) < 4.78 is 14.8. The number of benzene rings is 3. The minimum absolute atomic E-state index is 0.0536. The zero-order valence-corrected chi connectivity index (χ0v) is 14.5. The molecular formula is C22H12FN3O2. The van der Waals surface area contributed by atoms with Gasteiger partial charge in [-0.1, -0.05) is 53.7 Å². The predicted octanol–water partition coefficient (Wildman–Crippen LogP) is 3.85. The minimum atomic E-state index is -0.312. The zero-order valence-electron chi connectivity index (χ0n) is 14.5. The van der Waals surface area contributed by atoms with E-state index >= 15 is 0 Å². The maximum atomic E-state index is 13.5. The molecule has 0 bridgehead atoms. The Kier molecular flexibility index (Phi) is 3.52. The van der Waals surface area contributed by atoms with E-state index in [0.29, 0.717) is 16.8 Å². The summed E-state index contributed by atoms with van der Waals surface area (Å²) in [5.41, 5.74) is 3.06. The van der Waals surface area contributed by atoms with Gasteiger partial charge in [0.1, 0.15) is 11.5 Å². The van der Waals surface area contributed by atoms with Crippen LogP contribution in [-0.4, -0.2) is 26.6 Å². The van der Waals surface area contributed by atoms with Crippen LogP contribution < -0.4 is 0 Å². The SMILES string of the molecule is O=C1c2ccccc2C(=O)c2c1nnn2-c1ccc(-c2cccc(F)c2)cc1. The van der Waals surface area contributed by atoms with Crippen LogP contribution in [0.4, 0.5) is 4.39 Å². The molecule has 0 N–H and O–H groups in total. The van der Waals surface area contributed by atoms with Crippen LogP contribution in [0, 0.1) is 5.82 Å². The third-order valence-corrected chi connectivity index (χ3v) is 4.79. The van der Waals surface area contributed by atoms with E-state index in [2.05, 4.69) is 10.3 Å². The largest absolute Gasteiger partial charge is 0.287 e. The van der Waals surface area contributed by atoms with Crippen molar-refractivity contribution in [2.75, 3.05) is 0 Å². The Morgan fingerprint density at radius 3 is 2.18 bits per heavy atom. The van der Waals surface area contributed by atoms with E-state index in [1.165, 1.54) is 16.8 Å². The van der Waals surface area contributed by atoms with Crippen LogP contribution in [0.25, 0.3) is 16.8 Å². The Balaban J connectivity index is 1.58. The van der Waals surface area contributed by atoms with E-state index in [1.54, 1.807) is 54.6 Å². The standard InChI is InChI=1S/C22H12FN3O2/c23-15-5-3-4-14(12-15)13-8-10-16(11-9-13)26-20-19(24-25-26)21(27)17-6-1-2-7-18(17)22(20)28/h1-12H. The van der Waals surface area contributed by atoms with Gasteiger partial charge in [0.2, 0.25) is 11.6 Å². The predicted molar refractivity (Wildman–Crippen MR) is 100 cm³/mol. The average Bonchev–Trinajstić information content (AvgIpc) is 3.18. The number of hydrogen-bond donors (Lipinski definition) is 0. The Labute approximate surface area is 159 Å². The van der Waals surface area contributed by atoms with Crippen molar-refractivity contribution in [3.8, 4) is 16.8 Å². The number of aromatic nitrogens is 3. The quantitative estimate of drug-likeness (QED) is 0.474. The van der Waals surface area contributed by atoms with Crippen LogP contribution in [0.2, 0.25) is 0 Å². The summed E-state index contributed by atoms with van der Waals surface area (Å²) in [5.74, 6) is -0.910. The van der Waals surface area contributed by atoms with Gasteiger partial charge in [0.25, 0.3) is 0 Å². The molecule has 3 aromatic carbocycles. The second-order valence-corrected chi connectivity index (χ2v) is 6.46.